The Hall–Kier alpha value is -1.69. The molecule has 0 aliphatic heterocycles. The summed E-state index contributed by atoms with van der Waals surface area (Å²) in [6, 6.07) is 2.41. The number of nitrogens with zero attached hydrogens (tertiary/aromatic N) is 2. The fourth-order valence-corrected chi connectivity index (χ4v) is 1.42. The molecule has 0 aliphatic carbocycles. The van der Waals surface area contributed by atoms with Gasteiger partial charge in [0.1, 0.15) is 0 Å². The fraction of sp³-hybridized carbons (Fsp3) is 0. The lowest BCUT2D eigenvalue weighted by molar-refractivity contribution is 0.448. The van der Waals surface area contributed by atoms with Crippen LogP contribution in [0.3, 0.4) is 0 Å². The van der Waals surface area contributed by atoms with Crippen LogP contribution < -0.4 is 0 Å². The van der Waals surface area contributed by atoms with Crippen molar-refractivity contribution in [2.45, 2.75) is 0 Å². The number of rotatable bonds is 1. The van der Waals surface area contributed by atoms with E-state index in [4.69, 9.17) is 11.6 Å². The van der Waals surface area contributed by atoms with Crippen LogP contribution in [0.5, 0.6) is 0 Å². The van der Waals surface area contributed by atoms with E-state index in [1.165, 1.54) is 0 Å². The fourth-order valence-electron chi connectivity index (χ4n) is 1.25. The van der Waals surface area contributed by atoms with Gasteiger partial charge >= 0.3 is 0 Å². The molecule has 0 unspecified atom stereocenters. The first kappa shape index (κ1) is 11.8. The van der Waals surface area contributed by atoms with Crippen LogP contribution in [0, 0.1) is 23.4 Å². The van der Waals surface area contributed by atoms with Crippen molar-refractivity contribution in [2.75, 3.05) is 0 Å². The smallest absolute Gasteiger partial charge is 0.218 e. The lowest BCUT2D eigenvalue weighted by Gasteiger charge is -2.04. The molecule has 0 radical (unpaired) electrons. The van der Waals surface area contributed by atoms with Crippen molar-refractivity contribution in [3.05, 3.63) is 46.9 Å². The monoisotopic (exact) mass is 262 g/mol. The zero-order valence-corrected chi connectivity index (χ0v) is 8.77. The van der Waals surface area contributed by atoms with Crippen LogP contribution in [0.4, 0.5) is 17.6 Å². The summed E-state index contributed by atoms with van der Waals surface area (Å²) in [6.45, 7) is 0. The van der Waals surface area contributed by atoms with Crippen molar-refractivity contribution in [1.82, 2.24) is 9.97 Å². The third kappa shape index (κ3) is 2.21. The SMILES string of the molecule is Fc1cc(-c2ccc(F)c(F)c2F)nc(Cl)n1. The van der Waals surface area contributed by atoms with Crippen molar-refractivity contribution in [3.8, 4) is 11.3 Å². The standard InChI is InChI=1S/C10H3ClF4N2/c11-10-16-6(3-7(13)17-10)4-1-2-5(12)9(15)8(4)14/h1-3H. The Labute approximate surface area is 97.9 Å². The van der Waals surface area contributed by atoms with Crippen molar-refractivity contribution in [1.29, 1.82) is 0 Å². The van der Waals surface area contributed by atoms with Crippen molar-refractivity contribution >= 4 is 11.6 Å². The Morgan fingerprint density at radius 1 is 0.941 bits per heavy atom. The molecule has 0 saturated heterocycles. The maximum Gasteiger partial charge on any atom is 0.225 e. The topological polar surface area (TPSA) is 25.8 Å². The van der Waals surface area contributed by atoms with E-state index in [2.05, 4.69) is 9.97 Å². The maximum absolute atomic E-state index is 13.4. The molecule has 0 N–H and O–H groups in total. The van der Waals surface area contributed by atoms with Gasteiger partial charge in [0.25, 0.3) is 0 Å². The highest BCUT2D eigenvalue weighted by molar-refractivity contribution is 6.28. The molecule has 7 heteroatoms. The summed E-state index contributed by atoms with van der Waals surface area (Å²) in [7, 11) is 0. The maximum atomic E-state index is 13.4. The number of hydrogen-bond donors (Lipinski definition) is 0. The van der Waals surface area contributed by atoms with Gasteiger partial charge in [0.2, 0.25) is 11.2 Å². The van der Waals surface area contributed by atoms with Gasteiger partial charge in [-0.15, -0.1) is 0 Å². The second-order valence-corrected chi connectivity index (χ2v) is 3.41. The van der Waals surface area contributed by atoms with Crippen LogP contribution in [0.25, 0.3) is 11.3 Å². The lowest BCUT2D eigenvalue weighted by atomic mass is 10.1. The van der Waals surface area contributed by atoms with Gasteiger partial charge in [-0.1, -0.05) is 0 Å². The molecule has 2 aromatic rings. The van der Waals surface area contributed by atoms with Gasteiger partial charge in [-0.3, -0.25) is 0 Å². The second-order valence-electron chi connectivity index (χ2n) is 3.07. The van der Waals surface area contributed by atoms with Crippen LogP contribution in [0.1, 0.15) is 0 Å². The molecule has 0 amide bonds. The van der Waals surface area contributed by atoms with Crippen molar-refractivity contribution in [3.63, 3.8) is 0 Å². The van der Waals surface area contributed by atoms with E-state index in [-0.39, 0.29) is 5.69 Å². The first-order chi connectivity index (χ1) is 7.99. The zero-order valence-electron chi connectivity index (χ0n) is 8.02. The first-order valence-electron chi connectivity index (χ1n) is 4.33. The molecule has 0 bridgehead atoms. The molecule has 0 saturated carbocycles. The number of benzene rings is 1. The van der Waals surface area contributed by atoms with Gasteiger partial charge in [0, 0.05) is 11.6 Å². The molecule has 2 nitrogen and oxygen atoms in total. The highest BCUT2D eigenvalue weighted by Crippen LogP contribution is 2.25. The highest BCUT2D eigenvalue weighted by atomic mass is 35.5. The molecule has 88 valence electrons. The van der Waals surface area contributed by atoms with E-state index in [0.717, 1.165) is 12.1 Å². The molecular weight excluding hydrogens is 260 g/mol. The summed E-state index contributed by atoms with van der Waals surface area (Å²) in [5, 5.41) is -0.455. The van der Waals surface area contributed by atoms with Crippen molar-refractivity contribution < 1.29 is 17.6 Å². The third-order valence-corrected chi connectivity index (χ3v) is 2.15. The second kappa shape index (κ2) is 4.29. The zero-order chi connectivity index (χ0) is 12.6. The van der Waals surface area contributed by atoms with E-state index >= 15 is 0 Å². The summed E-state index contributed by atoms with van der Waals surface area (Å²) in [5.74, 6) is -5.45. The number of hydrogen-bond acceptors (Lipinski definition) is 2. The van der Waals surface area contributed by atoms with E-state index in [1.807, 2.05) is 0 Å². The summed E-state index contributed by atoms with van der Waals surface area (Å²) in [6.07, 6.45) is 0. The van der Waals surface area contributed by atoms with Crippen molar-refractivity contribution in [2.24, 2.45) is 0 Å². The minimum atomic E-state index is -1.65. The van der Waals surface area contributed by atoms with Gasteiger partial charge in [-0.25, -0.2) is 18.2 Å². The minimum Gasteiger partial charge on any atom is -0.218 e. The average Bonchev–Trinajstić information content (AvgIpc) is 2.24. The van der Waals surface area contributed by atoms with E-state index in [0.29, 0.717) is 6.07 Å². The van der Waals surface area contributed by atoms with E-state index in [9.17, 15) is 17.6 Å². The van der Waals surface area contributed by atoms with Gasteiger partial charge in [-0.05, 0) is 23.7 Å². The molecule has 2 rings (SSSR count). The molecule has 17 heavy (non-hydrogen) atoms. The molecular formula is C10H3ClF4N2. The molecule has 0 fully saturated rings. The largest absolute Gasteiger partial charge is 0.225 e. The summed E-state index contributed by atoms with van der Waals surface area (Å²) < 4.78 is 51.9. The Kier molecular flexibility index (Phi) is 2.97. The predicted molar refractivity (Wildman–Crippen MR) is 52.3 cm³/mol. The number of aromatic nitrogens is 2. The van der Waals surface area contributed by atoms with Gasteiger partial charge < -0.3 is 0 Å². The van der Waals surface area contributed by atoms with Crippen LogP contribution in [0.15, 0.2) is 18.2 Å². The van der Waals surface area contributed by atoms with Gasteiger partial charge in [0.05, 0.1) is 5.69 Å². The number of halogens is 5. The van der Waals surface area contributed by atoms with Crippen LogP contribution >= 0.6 is 11.6 Å². The molecule has 1 aromatic heterocycles. The molecule has 0 spiro atoms. The Morgan fingerprint density at radius 2 is 1.65 bits per heavy atom. The quantitative estimate of drug-likeness (QED) is 0.341. The first-order valence-corrected chi connectivity index (χ1v) is 4.71. The van der Waals surface area contributed by atoms with E-state index < -0.39 is 34.2 Å². The molecule has 1 aromatic carbocycles. The highest BCUT2D eigenvalue weighted by Gasteiger charge is 2.16. The summed E-state index contributed by atoms with van der Waals surface area (Å²) >= 11 is 5.37. The molecule has 0 atom stereocenters. The molecule has 0 aliphatic rings. The Bertz CT molecular complexity index is 569. The lowest BCUT2D eigenvalue weighted by Crippen LogP contribution is -1.97. The summed E-state index contributed by atoms with van der Waals surface area (Å²) in [4.78, 5) is 6.65. The van der Waals surface area contributed by atoms with E-state index in [1.54, 1.807) is 0 Å². The van der Waals surface area contributed by atoms with Crippen LogP contribution in [-0.2, 0) is 0 Å². The van der Waals surface area contributed by atoms with Gasteiger partial charge in [0.15, 0.2) is 17.5 Å². The normalized spacial score (nSPS) is 10.6. The Morgan fingerprint density at radius 3 is 2.29 bits per heavy atom. The Balaban J connectivity index is 2.64. The molecule has 1 heterocycles. The van der Waals surface area contributed by atoms with Crippen LogP contribution in [-0.4, -0.2) is 9.97 Å². The van der Waals surface area contributed by atoms with Gasteiger partial charge in [-0.2, -0.15) is 9.37 Å². The summed E-state index contributed by atoms with van der Waals surface area (Å²) in [5.41, 5.74) is -0.661. The third-order valence-electron chi connectivity index (χ3n) is 1.98. The predicted octanol–water partition coefficient (Wildman–Crippen LogP) is 3.35. The average molecular weight is 263 g/mol. The van der Waals surface area contributed by atoms with Crippen LogP contribution in [0.2, 0.25) is 5.28 Å². The minimum absolute atomic E-state index is 0.265.